The summed E-state index contributed by atoms with van der Waals surface area (Å²) in [4.78, 5) is 0. The third-order valence-electron chi connectivity index (χ3n) is 2.98. The van der Waals surface area contributed by atoms with E-state index in [4.69, 9.17) is 10.5 Å². The van der Waals surface area contributed by atoms with Gasteiger partial charge in [-0.2, -0.15) is 0 Å². The van der Waals surface area contributed by atoms with Crippen LogP contribution in [0.2, 0.25) is 0 Å². The molecule has 0 bridgehead atoms. The lowest BCUT2D eigenvalue weighted by Crippen LogP contribution is -2.12. The van der Waals surface area contributed by atoms with Gasteiger partial charge in [0.25, 0.3) is 0 Å². The molecular formula is C16H19NO3S. The third-order valence-corrected chi connectivity index (χ3v) is 4.66. The number of sulfone groups is 1. The van der Waals surface area contributed by atoms with Crippen LogP contribution < -0.4 is 10.5 Å². The number of hydrogen-bond donors (Lipinski definition) is 1. The molecule has 0 aliphatic carbocycles. The zero-order valence-corrected chi connectivity index (χ0v) is 12.6. The number of ether oxygens (including phenoxy) is 1. The van der Waals surface area contributed by atoms with Gasteiger partial charge >= 0.3 is 0 Å². The van der Waals surface area contributed by atoms with E-state index in [1.54, 1.807) is 24.3 Å². The van der Waals surface area contributed by atoms with Crippen molar-refractivity contribution >= 4 is 15.5 Å². The molecular weight excluding hydrogens is 286 g/mol. The second-order valence-corrected chi connectivity index (χ2v) is 7.03. The molecule has 0 aliphatic rings. The van der Waals surface area contributed by atoms with E-state index in [0.717, 1.165) is 11.3 Å². The topological polar surface area (TPSA) is 69.4 Å². The molecule has 2 aromatic carbocycles. The molecule has 2 aromatic rings. The monoisotopic (exact) mass is 305 g/mol. The number of nitrogens with two attached hydrogens (primary N) is 1. The Morgan fingerprint density at radius 3 is 2.29 bits per heavy atom. The number of anilines is 1. The van der Waals surface area contributed by atoms with E-state index in [-0.39, 0.29) is 11.5 Å². The van der Waals surface area contributed by atoms with Crippen molar-refractivity contribution in [3.63, 3.8) is 0 Å². The summed E-state index contributed by atoms with van der Waals surface area (Å²) in [6.45, 7) is 0.394. The van der Waals surface area contributed by atoms with Crippen molar-refractivity contribution in [3.05, 3.63) is 60.2 Å². The first-order chi connectivity index (χ1) is 10.1. The predicted octanol–water partition coefficient (Wildman–Crippen LogP) is 2.65. The number of para-hydroxylation sites is 1. The van der Waals surface area contributed by atoms with Crippen molar-refractivity contribution in [2.24, 2.45) is 0 Å². The first kappa shape index (κ1) is 15.4. The minimum Gasteiger partial charge on any atom is -0.494 e. The van der Waals surface area contributed by atoms with Crippen molar-refractivity contribution in [2.75, 3.05) is 18.1 Å². The summed E-state index contributed by atoms with van der Waals surface area (Å²) in [5.41, 5.74) is 6.97. The van der Waals surface area contributed by atoms with Gasteiger partial charge in [-0.05, 0) is 36.2 Å². The molecule has 5 heteroatoms. The van der Waals surface area contributed by atoms with E-state index in [9.17, 15) is 8.42 Å². The summed E-state index contributed by atoms with van der Waals surface area (Å²) < 4.78 is 29.5. The molecule has 4 nitrogen and oxygen atoms in total. The highest BCUT2D eigenvalue weighted by Gasteiger charge is 2.11. The van der Waals surface area contributed by atoms with Gasteiger partial charge in [-0.15, -0.1) is 0 Å². The van der Waals surface area contributed by atoms with E-state index >= 15 is 0 Å². The molecule has 2 rings (SSSR count). The molecule has 0 aliphatic heterocycles. The zero-order valence-electron chi connectivity index (χ0n) is 11.7. The quantitative estimate of drug-likeness (QED) is 0.630. The Hall–Kier alpha value is -2.01. The Morgan fingerprint density at radius 1 is 0.952 bits per heavy atom. The summed E-state index contributed by atoms with van der Waals surface area (Å²) in [7, 11) is -3.12. The molecule has 0 atom stereocenters. The van der Waals surface area contributed by atoms with Crippen molar-refractivity contribution in [1.29, 1.82) is 0 Å². The Labute approximate surface area is 125 Å². The lowest BCUT2D eigenvalue weighted by Gasteiger charge is -2.07. The Bertz CT molecular complexity index is 652. The molecule has 0 saturated heterocycles. The summed E-state index contributed by atoms with van der Waals surface area (Å²) in [5, 5.41) is 0. The second-order valence-electron chi connectivity index (χ2n) is 4.85. The first-order valence-electron chi connectivity index (χ1n) is 6.78. The lowest BCUT2D eigenvalue weighted by molar-refractivity contribution is 0.317. The van der Waals surface area contributed by atoms with Gasteiger partial charge in [-0.3, -0.25) is 0 Å². The van der Waals surface area contributed by atoms with Crippen LogP contribution in [-0.4, -0.2) is 20.8 Å². The summed E-state index contributed by atoms with van der Waals surface area (Å²) in [6, 6.07) is 16.3. The van der Waals surface area contributed by atoms with E-state index in [1.807, 2.05) is 30.3 Å². The van der Waals surface area contributed by atoms with E-state index in [2.05, 4.69) is 0 Å². The fraction of sp³-hybridized carbons (Fsp3) is 0.250. The zero-order chi connectivity index (χ0) is 15.1. The maximum Gasteiger partial charge on any atom is 0.154 e. The molecule has 112 valence electrons. The van der Waals surface area contributed by atoms with Gasteiger partial charge in [0.05, 0.1) is 18.1 Å². The summed E-state index contributed by atoms with van der Waals surface area (Å²) >= 11 is 0. The van der Waals surface area contributed by atoms with Gasteiger partial charge in [-0.1, -0.05) is 30.3 Å². The summed E-state index contributed by atoms with van der Waals surface area (Å²) in [5.74, 6) is 0.913. The molecule has 0 spiro atoms. The van der Waals surface area contributed by atoms with Crippen LogP contribution in [0.4, 0.5) is 5.69 Å². The third kappa shape index (κ3) is 5.47. The lowest BCUT2D eigenvalue weighted by atomic mass is 10.2. The minimum atomic E-state index is -3.12. The molecule has 0 amide bonds. The van der Waals surface area contributed by atoms with Crippen LogP contribution in [0.1, 0.15) is 12.0 Å². The van der Waals surface area contributed by atoms with Gasteiger partial charge in [0.1, 0.15) is 5.75 Å². The fourth-order valence-corrected chi connectivity index (χ4v) is 3.33. The highest BCUT2D eigenvalue weighted by atomic mass is 32.2. The van der Waals surface area contributed by atoms with E-state index in [0.29, 0.717) is 18.7 Å². The highest BCUT2D eigenvalue weighted by Crippen LogP contribution is 2.12. The molecule has 0 saturated carbocycles. The number of nitrogen functional groups attached to an aromatic ring is 1. The normalized spacial score (nSPS) is 11.2. The van der Waals surface area contributed by atoms with Crippen LogP contribution in [0, 0.1) is 0 Å². The second kappa shape index (κ2) is 7.13. The molecule has 21 heavy (non-hydrogen) atoms. The van der Waals surface area contributed by atoms with Gasteiger partial charge in [0, 0.05) is 5.69 Å². The number of hydrogen-bond acceptors (Lipinski definition) is 4. The van der Waals surface area contributed by atoms with Crippen LogP contribution in [0.3, 0.4) is 0 Å². The van der Waals surface area contributed by atoms with Gasteiger partial charge in [0.2, 0.25) is 0 Å². The average Bonchev–Trinajstić information content (AvgIpc) is 2.47. The standard InChI is InChI=1S/C16H19NO3S/c17-15-9-7-14(8-10-15)13-21(18,19)12-4-11-20-16-5-2-1-3-6-16/h1-3,5-10H,4,11-13,17H2. The average molecular weight is 305 g/mol. The van der Waals surface area contributed by atoms with Crippen LogP contribution >= 0.6 is 0 Å². The van der Waals surface area contributed by atoms with Crippen LogP contribution in [0.5, 0.6) is 5.75 Å². The molecule has 0 fully saturated rings. The Balaban J connectivity index is 1.77. The summed E-state index contributed by atoms with van der Waals surface area (Å²) in [6.07, 6.45) is 0.478. The molecule has 0 radical (unpaired) electrons. The van der Waals surface area contributed by atoms with Gasteiger partial charge in [-0.25, -0.2) is 8.42 Å². The van der Waals surface area contributed by atoms with E-state index < -0.39 is 9.84 Å². The van der Waals surface area contributed by atoms with Gasteiger partial charge in [0.15, 0.2) is 9.84 Å². The van der Waals surface area contributed by atoms with Crippen molar-refractivity contribution in [3.8, 4) is 5.75 Å². The fourth-order valence-electron chi connectivity index (χ4n) is 1.93. The molecule has 0 unspecified atom stereocenters. The smallest absolute Gasteiger partial charge is 0.154 e. The molecule has 0 aromatic heterocycles. The Morgan fingerprint density at radius 2 is 1.62 bits per heavy atom. The highest BCUT2D eigenvalue weighted by molar-refractivity contribution is 7.90. The molecule has 0 heterocycles. The van der Waals surface area contributed by atoms with Crippen molar-refractivity contribution in [1.82, 2.24) is 0 Å². The SMILES string of the molecule is Nc1ccc(CS(=O)(=O)CCCOc2ccccc2)cc1. The largest absolute Gasteiger partial charge is 0.494 e. The first-order valence-corrected chi connectivity index (χ1v) is 8.60. The number of rotatable bonds is 7. The number of benzene rings is 2. The van der Waals surface area contributed by atoms with Crippen LogP contribution in [0.15, 0.2) is 54.6 Å². The van der Waals surface area contributed by atoms with Crippen molar-refractivity contribution < 1.29 is 13.2 Å². The van der Waals surface area contributed by atoms with Crippen LogP contribution in [0.25, 0.3) is 0 Å². The van der Waals surface area contributed by atoms with Crippen LogP contribution in [-0.2, 0) is 15.6 Å². The molecule has 2 N–H and O–H groups in total. The van der Waals surface area contributed by atoms with Gasteiger partial charge < -0.3 is 10.5 Å². The van der Waals surface area contributed by atoms with Crippen molar-refractivity contribution in [2.45, 2.75) is 12.2 Å². The Kier molecular flexibility index (Phi) is 5.22. The predicted molar refractivity (Wildman–Crippen MR) is 84.9 cm³/mol. The maximum atomic E-state index is 12.0. The van der Waals surface area contributed by atoms with E-state index in [1.165, 1.54) is 0 Å². The maximum absolute atomic E-state index is 12.0. The minimum absolute atomic E-state index is 0.0403.